The summed E-state index contributed by atoms with van der Waals surface area (Å²) >= 11 is 3.39. The first-order valence-corrected chi connectivity index (χ1v) is 8.51. The number of aromatic nitrogens is 2. The second-order valence-electron chi connectivity index (χ2n) is 5.04. The molecule has 0 saturated heterocycles. The smallest absolute Gasteiger partial charge is 0.257 e. The largest absolute Gasteiger partial charge is 0.418 e. The molecule has 0 spiro atoms. The summed E-state index contributed by atoms with van der Waals surface area (Å²) in [5.41, 5.74) is 1.34. The SMILES string of the molecule is Cc1ccsc1CN(C)C(C)c1nnc(-c2cccs2)o1. The van der Waals surface area contributed by atoms with Crippen LogP contribution in [0.15, 0.2) is 33.4 Å². The second-order valence-corrected chi connectivity index (χ2v) is 6.99. The van der Waals surface area contributed by atoms with E-state index in [0.717, 1.165) is 11.4 Å². The molecule has 3 heterocycles. The van der Waals surface area contributed by atoms with Crippen molar-refractivity contribution in [3.05, 3.63) is 45.3 Å². The number of thiophene rings is 2. The number of hydrogen-bond acceptors (Lipinski definition) is 6. The van der Waals surface area contributed by atoms with Crippen LogP contribution in [0, 0.1) is 6.92 Å². The van der Waals surface area contributed by atoms with Gasteiger partial charge >= 0.3 is 0 Å². The van der Waals surface area contributed by atoms with E-state index in [0.29, 0.717) is 11.8 Å². The molecule has 0 amide bonds. The van der Waals surface area contributed by atoms with Gasteiger partial charge in [0.15, 0.2) is 0 Å². The molecular formula is C15H17N3OS2. The molecular weight excluding hydrogens is 302 g/mol. The fraction of sp³-hybridized carbons (Fsp3) is 0.333. The molecule has 0 radical (unpaired) electrons. The molecule has 0 bridgehead atoms. The van der Waals surface area contributed by atoms with E-state index in [9.17, 15) is 0 Å². The van der Waals surface area contributed by atoms with Gasteiger partial charge in [0, 0.05) is 11.4 Å². The van der Waals surface area contributed by atoms with Crippen molar-refractivity contribution in [2.45, 2.75) is 26.4 Å². The quantitative estimate of drug-likeness (QED) is 0.700. The highest BCUT2D eigenvalue weighted by Crippen LogP contribution is 2.27. The monoisotopic (exact) mass is 319 g/mol. The molecule has 0 aromatic carbocycles. The molecule has 21 heavy (non-hydrogen) atoms. The van der Waals surface area contributed by atoms with Gasteiger partial charge < -0.3 is 4.42 Å². The zero-order valence-electron chi connectivity index (χ0n) is 12.2. The molecule has 0 aliphatic heterocycles. The van der Waals surface area contributed by atoms with Crippen LogP contribution in [-0.2, 0) is 6.54 Å². The minimum Gasteiger partial charge on any atom is -0.418 e. The fourth-order valence-electron chi connectivity index (χ4n) is 2.02. The standard InChI is InChI=1S/C15H17N3OS2/c1-10-6-8-21-13(10)9-18(3)11(2)14-16-17-15(19-14)12-5-4-7-20-12/h4-8,11H,9H2,1-3H3. The minimum absolute atomic E-state index is 0.0905. The molecule has 3 aromatic heterocycles. The van der Waals surface area contributed by atoms with Crippen LogP contribution in [0.2, 0.25) is 0 Å². The lowest BCUT2D eigenvalue weighted by Crippen LogP contribution is -2.22. The summed E-state index contributed by atoms with van der Waals surface area (Å²) in [5, 5.41) is 12.5. The van der Waals surface area contributed by atoms with E-state index in [4.69, 9.17) is 4.42 Å². The van der Waals surface area contributed by atoms with Crippen molar-refractivity contribution in [2.75, 3.05) is 7.05 Å². The van der Waals surface area contributed by atoms with E-state index in [-0.39, 0.29) is 6.04 Å². The Bertz CT molecular complexity index is 702. The number of rotatable bonds is 5. The van der Waals surface area contributed by atoms with Crippen molar-refractivity contribution >= 4 is 22.7 Å². The van der Waals surface area contributed by atoms with Gasteiger partial charge in [-0.25, -0.2) is 0 Å². The summed E-state index contributed by atoms with van der Waals surface area (Å²) in [7, 11) is 2.08. The normalized spacial score (nSPS) is 13.0. The third-order valence-corrected chi connectivity index (χ3v) is 5.42. The van der Waals surface area contributed by atoms with Gasteiger partial charge in [-0.2, -0.15) is 0 Å². The van der Waals surface area contributed by atoms with Crippen molar-refractivity contribution in [3.8, 4) is 10.8 Å². The van der Waals surface area contributed by atoms with E-state index < -0.39 is 0 Å². The Morgan fingerprint density at radius 2 is 2.10 bits per heavy atom. The maximum Gasteiger partial charge on any atom is 0.257 e. The molecule has 0 saturated carbocycles. The van der Waals surface area contributed by atoms with Crippen LogP contribution in [0.5, 0.6) is 0 Å². The Morgan fingerprint density at radius 3 is 2.76 bits per heavy atom. The number of aryl methyl sites for hydroxylation is 1. The van der Waals surface area contributed by atoms with Crippen molar-refractivity contribution in [1.29, 1.82) is 0 Å². The van der Waals surface area contributed by atoms with Crippen molar-refractivity contribution in [1.82, 2.24) is 15.1 Å². The van der Waals surface area contributed by atoms with Crippen LogP contribution >= 0.6 is 22.7 Å². The lowest BCUT2D eigenvalue weighted by atomic mass is 10.2. The van der Waals surface area contributed by atoms with Crippen molar-refractivity contribution < 1.29 is 4.42 Å². The first-order chi connectivity index (χ1) is 10.1. The maximum absolute atomic E-state index is 5.81. The molecule has 1 unspecified atom stereocenters. The summed E-state index contributed by atoms with van der Waals surface area (Å²) in [6, 6.07) is 6.22. The maximum atomic E-state index is 5.81. The molecule has 1 atom stereocenters. The molecule has 0 N–H and O–H groups in total. The molecule has 3 aromatic rings. The number of nitrogens with zero attached hydrogens (tertiary/aromatic N) is 3. The predicted octanol–water partition coefficient (Wildman–Crippen LogP) is 4.36. The molecule has 0 aliphatic rings. The highest BCUT2D eigenvalue weighted by atomic mass is 32.1. The topological polar surface area (TPSA) is 42.2 Å². The third kappa shape index (κ3) is 3.07. The summed E-state index contributed by atoms with van der Waals surface area (Å²) in [6.45, 7) is 5.13. The van der Waals surface area contributed by atoms with Crippen LogP contribution in [0.25, 0.3) is 10.8 Å². The average molecular weight is 319 g/mol. The fourth-order valence-corrected chi connectivity index (χ4v) is 3.63. The Balaban J connectivity index is 1.73. The van der Waals surface area contributed by atoms with E-state index in [1.165, 1.54) is 10.4 Å². The third-order valence-electron chi connectivity index (χ3n) is 3.55. The van der Waals surface area contributed by atoms with Gasteiger partial charge in [-0.1, -0.05) is 6.07 Å². The Morgan fingerprint density at radius 1 is 1.24 bits per heavy atom. The highest BCUT2D eigenvalue weighted by molar-refractivity contribution is 7.13. The van der Waals surface area contributed by atoms with Crippen LogP contribution < -0.4 is 0 Å². The Hall–Kier alpha value is -1.50. The molecule has 0 aliphatic carbocycles. The van der Waals surface area contributed by atoms with Gasteiger partial charge in [0.2, 0.25) is 5.89 Å². The summed E-state index contributed by atoms with van der Waals surface area (Å²) in [5.74, 6) is 1.27. The summed E-state index contributed by atoms with van der Waals surface area (Å²) < 4.78 is 5.81. The minimum atomic E-state index is 0.0905. The van der Waals surface area contributed by atoms with Gasteiger partial charge in [0.1, 0.15) is 0 Å². The van der Waals surface area contributed by atoms with Gasteiger partial charge in [-0.15, -0.1) is 32.9 Å². The van der Waals surface area contributed by atoms with Gasteiger partial charge in [0.25, 0.3) is 5.89 Å². The second kappa shape index (κ2) is 6.09. The number of hydrogen-bond donors (Lipinski definition) is 0. The predicted molar refractivity (Wildman–Crippen MR) is 86.5 cm³/mol. The first kappa shape index (κ1) is 14.4. The van der Waals surface area contributed by atoms with Crippen LogP contribution in [0.3, 0.4) is 0 Å². The first-order valence-electron chi connectivity index (χ1n) is 6.75. The van der Waals surface area contributed by atoms with Gasteiger partial charge in [0.05, 0.1) is 10.9 Å². The zero-order valence-corrected chi connectivity index (χ0v) is 13.9. The highest BCUT2D eigenvalue weighted by Gasteiger charge is 2.20. The Labute approximate surface area is 132 Å². The van der Waals surface area contributed by atoms with E-state index >= 15 is 0 Å². The van der Waals surface area contributed by atoms with Gasteiger partial charge in [-0.05, 0) is 49.4 Å². The van der Waals surface area contributed by atoms with Crippen LogP contribution in [0.4, 0.5) is 0 Å². The molecule has 3 rings (SSSR count). The lowest BCUT2D eigenvalue weighted by Gasteiger charge is -2.21. The van der Waals surface area contributed by atoms with Crippen molar-refractivity contribution in [2.24, 2.45) is 0 Å². The van der Waals surface area contributed by atoms with Crippen LogP contribution in [0.1, 0.15) is 29.3 Å². The summed E-state index contributed by atoms with van der Waals surface area (Å²) in [4.78, 5) is 4.62. The molecule has 110 valence electrons. The lowest BCUT2D eigenvalue weighted by molar-refractivity contribution is 0.219. The molecule has 6 heteroatoms. The molecule has 4 nitrogen and oxygen atoms in total. The van der Waals surface area contributed by atoms with E-state index in [2.05, 4.69) is 47.4 Å². The van der Waals surface area contributed by atoms with Crippen LogP contribution in [-0.4, -0.2) is 22.1 Å². The Kier molecular flexibility index (Phi) is 4.19. The van der Waals surface area contributed by atoms with Crippen molar-refractivity contribution in [3.63, 3.8) is 0 Å². The zero-order chi connectivity index (χ0) is 14.8. The van der Waals surface area contributed by atoms with E-state index in [1.807, 2.05) is 17.5 Å². The summed E-state index contributed by atoms with van der Waals surface area (Å²) in [6.07, 6.45) is 0. The van der Waals surface area contributed by atoms with E-state index in [1.54, 1.807) is 22.7 Å². The average Bonchev–Trinajstić information content (AvgIpc) is 3.18. The van der Waals surface area contributed by atoms with Gasteiger partial charge in [-0.3, -0.25) is 4.90 Å². The molecule has 0 fully saturated rings.